The Labute approximate surface area is 157 Å². The van der Waals surface area contributed by atoms with Crippen molar-refractivity contribution in [2.24, 2.45) is 4.99 Å². The Bertz CT molecular complexity index is 479. The summed E-state index contributed by atoms with van der Waals surface area (Å²) in [5.41, 5.74) is 1.23. The molecule has 0 heterocycles. The van der Waals surface area contributed by atoms with Crippen LogP contribution in [-0.2, 0) is 6.42 Å². The van der Waals surface area contributed by atoms with Crippen LogP contribution in [0.4, 0.5) is 0 Å². The van der Waals surface area contributed by atoms with E-state index < -0.39 is 0 Å². The first-order valence-corrected chi connectivity index (χ1v) is 7.86. The number of benzene rings is 1. The summed E-state index contributed by atoms with van der Waals surface area (Å²) in [6.45, 7) is 7.94. The number of nitrogens with one attached hydrogen (secondary N) is 2. The van der Waals surface area contributed by atoms with Crippen LogP contribution in [0, 0.1) is 0 Å². The van der Waals surface area contributed by atoms with Crippen LogP contribution in [0.1, 0.15) is 32.8 Å². The summed E-state index contributed by atoms with van der Waals surface area (Å²) < 4.78 is 10.6. The van der Waals surface area contributed by atoms with Crippen LogP contribution in [0.5, 0.6) is 11.5 Å². The molecule has 0 saturated heterocycles. The molecule has 0 aliphatic heterocycles. The van der Waals surface area contributed by atoms with Crippen molar-refractivity contribution in [1.82, 2.24) is 10.6 Å². The number of aliphatic imine (C=N–C) groups is 1. The number of methoxy groups -OCH3 is 2. The second kappa shape index (κ2) is 12.3. The third-order valence-corrected chi connectivity index (χ3v) is 3.11. The highest BCUT2D eigenvalue weighted by atomic mass is 127. The molecule has 0 fully saturated rings. The molecule has 0 radical (unpaired) electrons. The molecule has 0 amide bonds. The van der Waals surface area contributed by atoms with Gasteiger partial charge >= 0.3 is 0 Å². The minimum atomic E-state index is 0. The van der Waals surface area contributed by atoms with Crippen molar-refractivity contribution in [3.8, 4) is 11.5 Å². The summed E-state index contributed by atoms with van der Waals surface area (Å²) >= 11 is 0. The maximum absolute atomic E-state index is 5.32. The van der Waals surface area contributed by atoms with Gasteiger partial charge in [-0.05, 0) is 51.3 Å². The number of rotatable bonds is 8. The van der Waals surface area contributed by atoms with Gasteiger partial charge in [0.15, 0.2) is 17.5 Å². The second-order valence-electron chi connectivity index (χ2n) is 5.35. The standard InChI is InChI=1S/C17H29N3O2.HI/c1-6-18-17(20-13(2)3)19-11-7-8-14-9-10-15(21-4)16(12-14)22-5;/h9-10,12-13H,6-8,11H2,1-5H3,(H2,18,19,20);1H. The van der Waals surface area contributed by atoms with Crippen molar-refractivity contribution >= 4 is 29.9 Å². The summed E-state index contributed by atoms with van der Waals surface area (Å²) in [5, 5.41) is 6.56. The van der Waals surface area contributed by atoms with Gasteiger partial charge in [-0.15, -0.1) is 24.0 Å². The third-order valence-electron chi connectivity index (χ3n) is 3.11. The Morgan fingerprint density at radius 2 is 1.87 bits per heavy atom. The molecule has 1 rings (SSSR count). The van der Waals surface area contributed by atoms with Gasteiger partial charge in [0.05, 0.1) is 14.2 Å². The second-order valence-corrected chi connectivity index (χ2v) is 5.35. The van der Waals surface area contributed by atoms with Gasteiger partial charge < -0.3 is 20.1 Å². The molecule has 1 aromatic carbocycles. The van der Waals surface area contributed by atoms with Gasteiger partial charge in [0.2, 0.25) is 0 Å². The number of aryl methyl sites for hydroxylation is 1. The lowest BCUT2D eigenvalue weighted by Gasteiger charge is -2.14. The lowest BCUT2D eigenvalue weighted by Crippen LogP contribution is -2.41. The highest BCUT2D eigenvalue weighted by Crippen LogP contribution is 2.27. The van der Waals surface area contributed by atoms with E-state index in [4.69, 9.17) is 9.47 Å². The van der Waals surface area contributed by atoms with Gasteiger partial charge in [-0.3, -0.25) is 4.99 Å². The molecule has 5 nitrogen and oxygen atoms in total. The first-order chi connectivity index (χ1) is 10.6. The zero-order valence-electron chi connectivity index (χ0n) is 14.8. The molecule has 1 aromatic rings. The van der Waals surface area contributed by atoms with Crippen LogP contribution in [0.3, 0.4) is 0 Å². The summed E-state index contributed by atoms with van der Waals surface area (Å²) in [4.78, 5) is 4.58. The fraction of sp³-hybridized carbons (Fsp3) is 0.588. The van der Waals surface area contributed by atoms with E-state index in [0.29, 0.717) is 6.04 Å². The third kappa shape index (κ3) is 8.29. The Balaban J connectivity index is 0.00000484. The van der Waals surface area contributed by atoms with Gasteiger partial charge in [0.25, 0.3) is 0 Å². The van der Waals surface area contributed by atoms with E-state index in [1.807, 2.05) is 12.1 Å². The van der Waals surface area contributed by atoms with E-state index in [2.05, 4.69) is 42.5 Å². The van der Waals surface area contributed by atoms with Gasteiger partial charge in [0, 0.05) is 19.1 Å². The Kier molecular flexibility index (Phi) is 11.6. The summed E-state index contributed by atoms with van der Waals surface area (Å²) in [6.07, 6.45) is 1.95. The van der Waals surface area contributed by atoms with Crippen LogP contribution in [0.25, 0.3) is 0 Å². The summed E-state index contributed by atoms with van der Waals surface area (Å²) in [7, 11) is 3.31. The maximum atomic E-state index is 5.32. The van der Waals surface area contributed by atoms with Gasteiger partial charge in [0.1, 0.15) is 0 Å². The molecule has 132 valence electrons. The maximum Gasteiger partial charge on any atom is 0.191 e. The quantitative estimate of drug-likeness (QED) is 0.285. The van der Waals surface area contributed by atoms with Crippen molar-refractivity contribution in [1.29, 1.82) is 0 Å². The monoisotopic (exact) mass is 435 g/mol. The fourth-order valence-corrected chi connectivity index (χ4v) is 2.10. The molecular formula is C17H30IN3O2. The molecule has 0 aliphatic carbocycles. The molecule has 6 heteroatoms. The highest BCUT2D eigenvalue weighted by Gasteiger charge is 2.04. The normalized spacial score (nSPS) is 11.0. The number of hydrogen-bond donors (Lipinski definition) is 2. The molecule has 0 saturated carbocycles. The van der Waals surface area contributed by atoms with E-state index in [1.54, 1.807) is 14.2 Å². The largest absolute Gasteiger partial charge is 0.493 e. The molecule has 0 spiro atoms. The van der Waals surface area contributed by atoms with Crippen molar-refractivity contribution in [2.45, 2.75) is 39.7 Å². The zero-order valence-corrected chi connectivity index (χ0v) is 17.1. The van der Waals surface area contributed by atoms with Crippen molar-refractivity contribution in [2.75, 3.05) is 27.3 Å². The molecule has 0 aromatic heterocycles. The summed E-state index contributed by atoms with van der Waals surface area (Å²) in [6, 6.07) is 6.42. The molecular weight excluding hydrogens is 405 g/mol. The minimum absolute atomic E-state index is 0. The van der Waals surface area contributed by atoms with Crippen molar-refractivity contribution < 1.29 is 9.47 Å². The molecule has 0 aliphatic rings. The van der Waals surface area contributed by atoms with E-state index in [9.17, 15) is 0 Å². The predicted octanol–water partition coefficient (Wildman–Crippen LogP) is 3.22. The van der Waals surface area contributed by atoms with Gasteiger partial charge in [-0.2, -0.15) is 0 Å². The molecule has 2 N–H and O–H groups in total. The Morgan fingerprint density at radius 3 is 2.43 bits per heavy atom. The number of halogens is 1. The smallest absolute Gasteiger partial charge is 0.191 e. The Hall–Kier alpha value is -1.18. The number of guanidine groups is 1. The topological polar surface area (TPSA) is 54.9 Å². The fourth-order valence-electron chi connectivity index (χ4n) is 2.10. The average Bonchev–Trinajstić information content (AvgIpc) is 2.50. The van der Waals surface area contributed by atoms with E-state index in [-0.39, 0.29) is 24.0 Å². The average molecular weight is 435 g/mol. The van der Waals surface area contributed by atoms with Gasteiger partial charge in [-0.1, -0.05) is 6.07 Å². The van der Waals surface area contributed by atoms with Crippen LogP contribution >= 0.6 is 24.0 Å². The molecule has 0 unspecified atom stereocenters. The SMILES string of the molecule is CCNC(=NCCCc1ccc(OC)c(OC)c1)NC(C)C.I. The first kappa shape index (κ1) is 21.8. The van der Waals surface area contributed by atoms with E-state index in [0.717, 1.165) is 43.4 Å². The van der Waals surface area contributed by atoms with E-state index >= 15 is 0 Å². The van der Waals surface area contributed by atoms with Gasteiger partial charge in [-0.25, -0.2) is 0 Å². The first-order valence-electron chi connectivity index (χ1n) is 7.86. The lowest BCUT2D eigenvalue weighted by atomic mass is 10.1. The van der Waals surface area contributed by atoms with Crippen LogP contribution < -0.4 is 20.1 Å². The van der Waals surface area contributed by atoms with Crippen LogP contribution in [0.2, 0.25) is 0 Å². The molecule has 0 bridgehead atoms. The molecule has 23 heavy (non-hydrogen) atoms. The molecule has 0 atom stereocenters. The van der Waals surface area contributed by atoms with Crippen LogP contribution in [0.15, 0.2) is 23.2 Å². The number of hydrogen-bond acceptors (Lipinski definition) is 3. The zero-order chi connectivity index (χ0) is 16.4. The van der Waals surface area contributed by atoms with Crippen LogP contribution in [-0.4, -0.2) is 39.3 Å². The predicted molar refractivity (Wildman–Crippen MR) is 108 cm³/mol. The Morgan fingerprint density at radius 1 is 1.17 bits per heavy atom. The minimum Gasteiger partial charge on any atom is -0.493 e. The lowest BCUT2D eigenvalue weighted by molar-refractivity contribution is 0.354. The number of ether oxygens (including phenoxy) is 2. The highest BCUT2D eigenvalue weighted by molar-refractivity contribution is 14.0. The van der Waals surface area contributed by atoms with Crippen molar-refractivity contribution in [3.63, 3.8) is 0 Å². The van der Waals surface area contributed by atoms with Crippen molar-refractivity contribution in [3.05, 3.63) is 23.8 Å². The summed E-state index contributed by atoms with van der Waals surface area (Å²) in [5.74, 6) is 2.42. The van der Waals surface area contributed by atoms with E-state index in [1.165, 1.54) is 5.56 Å². The number of nitrogens with zero attached hydrogens (tertiary/aromatic N) is 1.